The molecule has 3 N–H and O–H groups in total. The zero-order valence-electron chi connectivity index (χ0n) is 12.2. The van der Waals surface area contributed by atoms with Crippen LogP contribution in [0.1, 0.15) is 22.7 Å². The summed E-state index contributed by atoms with van der Waals surface area (Å²) in [5, 5.41) is 8.95. The topological polar surface area (TPSA) is 97.5 Å². The van der Waals surface area contributed by atoms with E-state index in [1.54, 1.807) is 23.1 Å². The molecule has 0 amide bonds. The lowest BCUT2D eigenvalue weighted by Gasteiger charge is -2.00. The van der Waals surface area contributed by atoms with Crippen LogP contribution in [0.4, 0.5) is 5.13 Å². The first-order valence-electron chi connectivity index (χ1n) is 6.75. The zero-order valence-corrected chi connectivity index (χ0v) is 14.6. The Kier molecular flexibility index (Phi) is 4.46. The standard InChI is InChI=1S/C13H15N5OS3/c1-6-7(2)21-11-9(6)10(19)15-8(16-11)4-3-5-20-13-18-17-12(14)22-13/h3-5H2,1-2H3,(H2,14,17)(H,15,16,19). The molecule has 0 fully saturated rings. The van der Waals surface area contributed by atoms with Crippen molar-refractivity contribution in [2.75, 3.05) is 11.5 Å². The van der Waals surface area contributed by atoms with Gasteiger partial charge in [0.2, 0.25) is 5.13 Å². The minimum Gasteiger partial charge on any atom is -0.374 e. The number of aromatic amines is 1. The molecule has 3 rings (SSSR count). The first kappa shape index (κ1) is 15.4. The number of nitrogens with one attached hydrogen (secondary N) is 1. The van der Waals surface area contributed by atoms with Gasteiger partial charge in [-0.2, -0.15) is 0 Å². The van der Waals surface area contributed by atoms with Gasteiger partial charge in [0.25, 0.3) is 5.56 Å². The summed E-state index contributed by atoms with van der Waals surface area (Å²) in [6.07, 6.45) is 1.64. The fourth-order valence-corrected chi connectivity index (χ4v) is 4.79. The lowest BCUT2D eigenvalue weighted by atomic mass is 10.2. The van der Waals surface area contributed by atoms with Crippen LogP contribution >= 0.6 is 34.4 Å². The highest BCUT2D eigenvalue weighted by Crippen LogP contribution is 2.26. The van der Waals surface area contributed by atoms with E-state index in [0.717, 1.165) is 49.4 Å². The highest BCUT2D eigenvalue weighted by atomic mass is 32.2. The molecule has 0 aliphatic heterocycles. The van der Waals surface area contributed by atoms with E-state index in [2.05, 4.69) is 20.2 Å². The number of hydrogen-bond acceptors (Lipinski definition) is 8. The van der Waals surface area contributed by atoms with Crippen LogP contribution in [0.3, 0.4) is 0 Å². The van der Waals surface area contributed by atoms with Crippen molar-refractivity contribution in [2.24, 2.45) is 0 Å². The third-order valence-electron chi connectivity index (χ3n) is 3.29. The molecule has 6 nitrogen and oxygen atoms in total. The van der Waals surface area contributed by atoms with E-state index >= 15 is 0 Å². The van der Waals surface area contributed by atoms with Gasteiger partial charge in [0.05, 0.1) is 5.39 Å². The summed E-state index contributed by atoms with van der Waals surface area (Å²) < 4.78 is 0.874. The second kappa shape index (κ2) is 6.35. The van der Waals surface area contributed by atoms with Crippen LogP contribution in [0.25, 0.3) is 10.2 Å². The van der Waals surface area contributed by atoms with Crippen molar-refractivity contribution in [1.82, 2.24) is 20.2 Å². The van der Waals surface area contributed by atoms with Crippen LogP contribution in [0.5, 0.6) is 0 Å². The van der Waals surface area contributed by atoms with Gasteiger partial charge in [-0.05, 0) is 25.8 Å². The average molecular weight is 353 g/mol. The van der Waals surface area contributed by atoms with Crippen LogP contribution < -0.4 is 11.3 Å². The average Bonchev–Trinajstić information content (AvgIpc) is 3.00. The van der Waals surface area contributed by atoms with Crippen LogP contribution in [0.15, 0.2) is 9.13 Å². The first-order chi connectivity index (χ1) is 10.5. The van der Waals surface area contributed by atoms with Gasteiger partial charge in [-0.1, -0.05) is 23.1 Å². The molecule has 0 saturated heterocycles. The maximum absolute atomic E-state index is 12.2. The third kappa shape index (κ3) is 3.16. The van der Waals surface area contributed by atoms with Gasteiger partial charge >= 0.3 is 0 Å². The molecule has 0 bridgehead atoms. The number of nitrogen functional groups attached to an aromatic ring is 1. The maximum atomic E-state index is 12.2. The van der Waals surface area contributed by atoms with E-state index in [-0.39, 0.29) is 5.56 Å². The van der Waals surface area contributed by atoms with E-state index in [1.807, 2.05) is 13.8 Å². The number of fused-ring (bicyclic) bond motifs is 1. The summed E-state index contributed by atoms with van der Waals surface area (Å²) in [4.78, 5) is 21.6. The quantitative estimate of drug-likeness (QED) is 0.541. The number of thiophene rings is 1. The Hall–Kier alpha value is -1.45. The molecular formula is C13H15N5OS3. The fourth-order valence-electron chi connectivity index (χ4n) is 2.10. The smallest absolute Gasteiger partial charge is 0.259 e. The fraction of sp³-hybridized carbons (Fsp3) is 0.385. The van der Waals surface area contributed by atoms with Crippen LogP contribution in [-0.4, -0.2) is 25.9 Å². The number of H-pyrrole nitrogens is 1. The lowest BCUT2D eigenvalue weighted by Crippen LogP contribution is -2.11. The Morgan fingerprint density at radius 3 is 2.82 bits per heavy atom. The summed E-state index contributed by atoms with van der Waals surface area (Å²) in [5.41, 5.74) is 6.54. The second-order valence-electron chi connectivity index (χ2n) is 4.83. The molecule has 9 heteroatoms. The Morgan fingerprint density at radius 1 is 1.27 bits per heavy atom. The molecule has 0 aromatic carbocycles. The summed E-state index contributed by atoms with van der Waals surface area (Å²) in [6, 6.07) is 0. The van der Waals surface area contributed by atoms with Gasteiger partial charge in [0.15, 0.2) is 4.34 Å². The SMILES string of the molecule is Cc1sc2nc(CCCSc3nnc(N)s3)[nH]c(=O)c2c1C. The minimum atomic E-state index is -0.0357. The zero-order chi connectivity index (χ0) is 15.7. The molecule has 0 atom stereocenters. The predicted molar refractivity (Wildman–Crippen MR) is 93.1 cm³/mol. The number of rotatable bonds is 5. The van der Waals surface area contributed by atoms with Crippen molar-refractivity contribution in [1.29, 1.82) is 0 Å². The van der Waals surface area contributed by atoms with Crippen molar-refractivity contribution >= 4 is 49.8 Å². The molecular weight excluding hydrogens is 338 g/mol. The molecule has 3 heterocycles. The molecule has 0 radical (unpaired) electrons. The maximum Gasteiger partial charge on any atom is 0.259 e. The number of aromatic nitrogens is 4. The highest BCUT2D eigenvalue weighted by Gasteiger charge is 2.11. The summed E-state index contributed by atoms with van der Waals surface area (Å²) >= 11 is 4.59. The molecule has 0 saturated carbocycles. The number of thioether (sulfide) groups is 1. The van der Waals surface area contributed by atoms with Gasteiger partial charge in [-0.15, -0.1) is 21.5 Å². The molecule has 0 aliphatic carbocycles. The van der Waals surface area contributed by atoms with Gasteiger partial charge in [-0.3, -0.25) is 4.79 Å². The van der Waals surface area contributed by atoms with Crippen LogP contribution in [0.2, 0.25) is 0 Å². The Balaban J connectivity index is 1.65. The highest BCUT2D eigenvalue weighted by molar-refractivity contribution is 8.01. The van der Waals surface area contributed by atoms with Gasteiger partial charge in [-0.25, -0.2) is 4.98 Å². The normalized spacial score (nSPS) is 11.4. The number of nitrogens with zero attached hydrogens (tertiary/aromatic N) is 3. The molecule has 0 spiro atoms. The number of aryl methyl sites for hydroxylation is 3. The van der Waals surface area contributed by atoms with E-state index in [0.29, 0.717) is 5.13 Å². The lowest BCUT2D eigenvalue weighted by molar-refractivity contribution is 0.844. The van der Waals surface area contributed by atoms with Gasteiger partial charge in [0, 0.05) is 17.1 Å². The predicted octanol–water partition coefficient (Wildman–Crippen LogP) is 2.76. The summed E-state index contributed by atoms with van der Waals surface area (Å²) in [7, 11) is 0. The Bertz CT molecular complexity index is 866. The van der Waals surface area contributed by atoms with Gasteiger partial charge < -0.3 is 10.7 Å². The van der Waals surface area contributed by atoms with Crippen molar-refractivity contribution in [3.63, 3.8) is 0 Å². The Morgan fingerprint density at radius 2 is 2.09 bits per heavy atom. The largest absolute Gasteiger partial charge is 0.374 e. The van der Waals surface area contributed by atoms with Crippen molar-refractivity contribution < 1.29 is 0 Å². The van der Waals surface area contributed by atoms with Crippen molar-refractivity contribution in [3.8, 4) is 0 Å². The van der Waals surface area contributed by atoms with E-state index in [9.17, 15) is 4.79 Å². The number of anilines is 1. The van der Waals surface area contributed by atoms with Crippen molar-refractivity contribution in [3.05, 3.63) is 26.6 Å². The summed E-state index contributed by atoms with van der Waals surface area (Å²) in [5.74, 6) is 1.63. The second-order valence-corrected chi connectivity index (χ2v) is 8.39. The molecule has 3 aromatic heterocycles. The van der Waals surface area contributed by atoms with Crippen molar-refractivity contribution in [2.45, 2.75) is 31.0 Å². The van der Waals surface area contributed by atoms with E-state index in [4.69, 9.17) is 5.73 Å². The number of nitrogens with two attached hydrogens (primary N) is 1. The molecule has 116 valence electrons. The van der Waals surface area contributed by atoms with Crippen LogP contribution in [-0.2, 0) is 6.42 Å². The molecule has 3 aromatic rings. The monoisotopic (exact) mass is 353 g/mol. The van der Waals surface area contributed by atoms with E-state index in [1.165, 1.54) is 11.3 Å². The molecule has 0 unspecified atom stereocenters. The minimum absolute atomic E-state index is 0.0357. The molecule has 22 heavy (non-hydrogen) atoms. The number of hydrogen-bond donors (Lipinski definition) is 2. The molecule has 0 aliphatic rings. The van der Waals surface area contributed by atoms with Crippen LogP contribution in [0, 0.1) is 13.8 Å². The Labute approximate surface area is 139 Å². The summed E-state index contributed by atoms with van der Waals surface area (Å²) in [6.45, 7) is 3.99. The third-order valence-corrected chi connectivity index (χ3v) is 6.37. The van der Waals surface area contributed by atoms with E-state index < -0.39 is 0 Å². The first-order valence-corrected chi connectivity index (χ1v) is 9.37. The van der Waals surface area contributed by atoms with Gasteiger partial charge in [0.1, 0.15) is 10.7 Å².